The fraction of sp³-hybridized carbons (Fsp3) is 0.429. The fourth-order valence-corrected chi connectivity index (χ4v) is 2.36. The van der Waals surface area contributed by atoms with Gasteiger partial charge in [-0.05, 0) is 53.5 Å². The van der Waals surface area contributed by atoms with E-state index in [0.29, 0.717) is 12.0 Å². The van der Waals surface area contributed by atoms with Crippen LogP contribution in [0.2, 0.25) is 0 Å². The van der Waals surface area contributed by atoms with Crippen molar-refractivity contribution in [1.29, 1.82) is 0 Å². The van der Waals surface area contributed by atoms with Crippen LogP contribution in [0.3, 0.4) is 0 Å². The lowest BCUT2D eigenvalue weighted by Gasteiger charge is -2.17. The van der Waals surface area contributed by atoms with Gasteiger partial charge in [0.25, 0.3) is 5.91 Å². The Bertz CT molecular complexity index is 486. The van der Waals surface area contributed by atoms with Crippen molar-refractivity contribution in [3.8, 4) is 0 Å². The summed E-state index contributed by atoms with van der Waals surface area (Å²) in [5.41, 5.74) is 1.53. The van der Waals surface area contributed by atoms with Gasteiger partial charge in [0.2, 0.25) is 0 Å². The number of aliphatic carboxylic acids is 1. The lowest BCUT2D eigenvalue weighted by Crippen LogP contribution is -2.41. The Morgan fingerprint density at radius 3 is 2.53 bits per heavy atom. The van der Waals surface area contributed by atoms with Crippen molar-refractivity contribution in [3.63, 3.8) is 0 Å². The first-order chi connectivity index (χ1) is 8.82. The molecular weight excluding hydrogens is 357 g/mol. The van der Waals surface area contributed by atoms with Crippen LogP contribution >= 0.6 is 22.6 Å². The maximum Gasteiger partial charge on any atom is 0.326 e. The van der Waals surface area contributed by atoms with E-state index in [1.807, 2.05) is 26.8 Å². The highest BCUT2D eigenvalue weighted by atomic mass is 127. The molecule has 104 valence electrons. The minimum absolute atomic E-state index is 0.206. The molecule has 0 aromatic heterocycles. The van der Waals surface area contributed by atoms with Gasteiger partial charge >= 0.3 is 5.97 Å². The van der Waals surface area contributed by atoms with Crippen molar-refractivity contribution >= 4 is 34.5 Å². The predicted molar refractivity (Wildman–Crippen MR) is 82.2 cm³/mol. The number of hydrogen-bond acceptors (Lipinski definition) is 2. The van der Waals surface area contributed by atoms with Gasteiger partial charge in [0.05, 0.1) is 5.56 Å². The second-order valence-electron chi connectivity index (χ2n) is 4.93. The molecule has 5 heteroatoms. The lowest BCUT2D eigenvalue weighted by molar-refractivity contribution is -0.139. The van der Waals surface area contributed by atoms with E-state index in [4.69, 9.17) is 5.11 Å². The van der Waals surface area contributed by atoms with E-state index in [2.05, 4.69) is 27.9 Å². The molecule has 1 amide bonds. The Balaban J connectivity index is 2.88. The first kappa shape index (κ1) is 15.9. The van der Waals surface area contributed by atoms with E-state index in [-0.39, 0.29) is 11.8 Å². The Hall–Kier alpha value is -1.11. The SMILES string of the molecule is Cc1cccc(C(=O)NC(CC(C)C)C(=O)O)c1I. The summed E-state index contributed by atoms with van der Waals surface area (Å²) in [6, 6.07) is 4.58. The topological polar surface area (TPSA) is 66.4 Å². The molecule has 19 heavy (non-hydrogen) atoms. The van der Waals surface area contributed by atoms with Crippen molar-refractivity contribution < 1.29 is 14.7 Å². The minimum atomic E-state index is -0.996. The van der Waals surface area contributed by atoms with Crippen LogP contribution in [0, 0.1) is 16.4 Å². The van der Waals surface area contributed by atoms with Crippen LogP contribution in [0.5, 0.6) is 0 Å². The highest BCUT2D eigenvalue weighted by Crippen LogP contribution is 2.17. The van der Waals surface area contributed by atoms with Gasteiger partial charge in [0.1, 0.15) is 6.04 Å². The average Bonchev–Trinajstić information content (AvgIpc) is 2.31. The third-order valence-corrected chi connectivity index (χ3v) is 4.18. The zero-order chi connectivity index (χ0) is 14.6. The standard InChI is InChI=1S/C14H18INO3/c1-8(2)7-11(14(18)19)16-13(17)10-6-4-5-9(3)12(10)15/h4-6,8,11H,7H2,1-3H3,(H,16,17)(H,18,19). The summed E-state index contributed by atoms with van der Waals surface area (Å²) in [6.07, 6.45) is 0.420. The molecular formula is C14H18INO3. The summed E-state index contributed by atoms with van der Waals surface area (Å²) in [7, 11) is 0. The van der Waals surface area contributed by atoms with Gasteiger partial charge in [-0.25, -0.2) is 4.79 Å². The molecule has 1 atom stereocenters. The average molecular weight is 375 g/mol. The predicted octanol–water partition coefficient (Wildman–Crippen LogP) is 2.83. The zero-order valence-corrected chi connectivity index (χ0v) is 13.4. The first-order valence-electron chi connectivity index (χ1n) is 6.11. The number of hydrogen-bond donors (Lipinski definition) is 2. The molecule has 1 unspecified atom stereocenters. The Morgan fingerprint density at radius 1 is 1.37 bits per heavy atom. The van der Waals surface area contributed by atoms with Crippen LogP contribution in [0.15, 0.2) is 18.2 Å². The van der Waals surface area contributed by atoms with Gasteiger partial charge in [-0.3, -0.25) is 4.79 Å². The molecule has 0 spiro atoms. The van der Waals surface area contributed by atoms with Crippen LogP contribution in [0.4, 0.5) is 0 Å². The van der Waals surface area contributed by atoms with Crippen LogP contribution in [-0.4, -0.2) is 23.0 Å². The molecule has 1 aromatic rings. The molecule has 0 radical (unpaired) electrons. The van der Waals surface area contributed by atoms with E-state index in [1.54, 1.807) is 12.1 Å². The number of halogens is 1. The van der Waals surface area contributed by atoms with E-state index in [1.165, 1.54) is 0 Å². The summed E-state index contributed by atoms with van der Waals surface area (Å²) in [6.45, 7) is 5.78. The van der Waals surface area contributed by atoms with E-state index in [0.717, 1.165) is 9.13 Å². The molecule has 0 fully saturated rings. The number of benzene rings is 1. The minimum Gasteiger partial charge on any atom is -0.480 e. The maximum absolute atomic E-state index is 12.1. The number of carboxylic acids is 1. The molecule has 1 aromatic carbocycles. The molecule has 1 rings (SSSR count). The largest absolute Gasteiger partial charge is 0.480 e. The lowest BCUT2D eigenvalue weighted by atomic mass is 10.0. The maximum atomic E-state index is 12.1. The van der Waals surface area contributed by atoms with Gasteiger partial charge in [0.15, 0.2) is 0 Å². The molecule has 0 bridgehead atoms. The van der Waals surface area contributed by atoms with E-state index < -0.39 is 12.0 Å². The summed E-state index contributed by atoms with van der Waals surface area (Å²) in [5.74, 6) is -1.12. The third kappa shape index (κ3) is 4.49. The molecule has 0 aliphatic rings. The van der Waals surface area contributed by atoms with E-state index >= 15 is 0 Å². The van der Waals surface area contributed by atoms with Gasteiger partial charge in [0, 0.05) is 3.57 Å². The summed E-state index contributed by atoms with van der Waals surface area (Å²) >= 11 is 2.10. The van der Waals surface area contributed by atoms with Crippen LogP contribution in [-0.2, 0) is 4.79 Å². The van der Waals surface area contributed by atoms with Crippen molar-refractivity contribution in [3.05, 3.63) is 32.9 Å². The molecule has 0 heterocycles. The Kier molecular flexibility index (Phi) is 5.78. The third-order valence-electron chi connectivity index (χ3n) is 2.75. The zero-order valence-electron chi connectivity index (χ0n) is 11.2. The molecule has 0 aliphatic heterocycles. The number of rotatable bonds is 5. The van der Waals surface area contributed by atoms with E-state index in [9.17, 15) is 9.59 Å². The second-order valence-corrected chi connectivity index (χ2v) is 6.01. The fourth-order valence-electron chi connectivity index (χ4n) is 1.75. The number of carbonyl (C=O) groups excluding carboxylic acids is 1. The molecule has 0 saturated carbocycles. The van der Waals surface area contributed by atoms with Crippen LogP contribution in [0.1, 0.15) is 36.2 Å². The summed E-state index contributed by atoms with van der Waals surface area (Å²) < 4.78 is 0.853. The number of carbonyl (C=O) groups is 2. The summed E-state index contributed by atoms with van der Waals surface area (Å²) in [5, 5.41) is 11.7. The van der Waals surface area contributed by atoms with Crippen molar-refractivity contribution in [2.24, 2.45) is 5.92 Å². The monoisotopic (exact) mass is 375 g/mol. The van der Waals surface area contributed by atoms with Crippen LogP contribution in [0.25, 0.3) is 0 Å². The van der Waals surface area contributed by atoms with Crippen molar-refractivity contribution in [2.75, 3.05) is 0 Å². The number of amides is 1. The Morgan fingerprint density at radius 2 is 2.00 bits per heavy atom. The summed E-state index contributed by atoms with van der Waals surface area (Å²) in [4.78, 5) is 23.3. The van der Waals surface area contributed by atoms with Crippen molar-refractivity contribution in [2.45, 2.75) is 33.2 Å². The van der Waals surface area contributed by atoms with Gasteiger partial charge in [-0.15, -0.1) is 0 Å². The smallest absolute Gasteiger partial charge is 0.326 e. The van der Waals surface area contributed by atoms with Crippen molar-refractivity contribution in [1.82, 2.24) is 5.32 Å². The van der Waals surface area contributed by atoms with Crippen LogP contribution < -0.4 is 5.32 Å². The Labute approximate surface area is 126 Å². The van der Waals surface area contributed by atoms with Gasteiger partial charge in [-0.1, -0.05) is 26.0 Å². The quantitative estimate of drug-likeness (QED) is 0.778. The molecule has 2 N–H and O–H groups in total. The highest BCUT2D eigenvalue weighted by Gasteiger charge is 2.22. The molecule has 0 saturated heterocycles. The number of aryl methyl sites for hydroxylation is 1. The second kappa shape index (κ2) is 6.88. The molecule has 4 nitrogen and oxygen atoms in total. The van der Waals surface area contributed by atoms with Gasteiger partial charge in [-0.2, -0.15) is 0 Å². The van der Waals surface area contributed by atoms with Gasteiger partial charge < -0.3 is 10.4 Å². The number of nitrogens with one attached hydrogen (secondary N) is 1. The first-order valence-corrected chi connectivity index (χ1v) is 7.19. The molecule has 0 aliphatic carbocycles. The number of carboxylic acid groups (broad SMARTS) is 1. The highest BCUT2D eigenvalue weighted by molar-refractivity contribution is 14.1. The normalized spacial score (nSPS) is 12.3.